The molecule has 0 bridgehead atoms. The molecule has 1 amide bonds. The highest BCUT2D eigenvalue weighted by atomic mass is 16.5. The van der Waals surface area contributed by atoms with Gasteiger partial charge >= 0.3 is 5.97 Å². The Hall–Kier alpha value is -1.40. The van der Waals surface area contributed by atoms with Crippen LogP contribution in [0.15, 0.2) is 12.2 Å². The van der Waals surface area contributed by atoms with E-state index in [1.807, 2.05) is 6.08 Å². The van der Waals surface area contributed by atoms with Crippen molar-refractivity contribution in [2.45, 2.75) is 527 Å². The zero-order chi connectivity index (χ0) is 67.7. The SMILES string of the molecule is CCCCCCCCCCCCCCCCCCCCCC/C=C/C(O)C(CO)NC(=O)CCCCCCCCCCCCCCCCCCCCCCCCCCCCCCCCCCCCCCCCCOC(=O)CCCCCCCCCCCCCCCCCC. The van der Waals surface area contributed by atoms with Crippen molar-refractivity contribution >= 4 is 11.9 Å². The molecule has 6 nitrogen and oxygen atoms in total. The van der Waals surface area contributed by atoms with Crippen LogP contribution in [0, 0.1) is 0 Å². The third kappa shape index (κ3) is 79.6. The third-order valence-electron chi connectivity index (χ3n) is 21.1. The molecular weight excluding hydrogens is 1150 g/mol. The van der Waals surface area contributed by atoms with Gasteiger partial charge in [0.2, 0.25) is 5.91 Å². The van der Waals surface area contributed by atoms with Gasteiger partial charge in [0, 0.05) is 12.8 Å². The lowest BCUT2D eigenvalue weighted by molar-refractivity contribution is -0.143. The van der Waals surface area contributed by atoms with Gasteiger partial charge in [0.1, 0.15) is 0 Å². The average Bonchev–Trinajstić information content (AvgIpc) is 3.68. The Morgan fingerprint density at radius 1 is 0.287 bits per heavy atom. The maximum atomic E-state index is 12.6. The molecular formula is C88H173NO5. The molecule has 0 spiro atoms. The van der Waals surface area contributed by atoms with Gasteiger partial charge in [0.25, 0.3) is 0 Å². The molecule has 0 aromatic carbocycles. The summed E-state index contributed by atoms with van der Waals surface area (Å²) in [6, 6.07) is -0.624. The van der Waals surface area contributed by atoms with E-state index in [-0.39, 0.29) is 18.5 Å². The van der Waals surface area contributed by atoms with E-state index in [2.05, 4.69) is 19.2 Å². The fourth-order valence-corrected chi connectivity index (χ4v) is 14.4. The Morgan fingerprint density at radius 2 is 0.489 bits per heavy atom. The first-order chi connectivity index (χ1) is 46.5. The van der Waals surface area contributed by atoms with Crippen LogP contribution in [-0.2, 0) is 14.3 Å². The molecule has 0 saturated carbocycles. The molecule has 0 saturated heterocycles. The van der Waals surface area contributed by atoms with E-state index in [0.29, 0.717) is 19.4 Å². The number of allylic oxidation sites excluding steroid dienone is 1. The number of carbonyl (C=O) groups excluding carboxylic acids is 2. The van der Waals surface area contributed by atoms with Gasteiger partial charge in [-0.05, 0) is 32.1 Å². The molecule has 0 heterocycles. The maximum absolute atomic E-state index is 12.6. The summed E-state index contributed by atoms with van der Waals surface area (Å²) in [6.45, 7) is 4.98. The Kier molecular flexibility index (Phi) is 82.8. The number of esters is 1. The first kappa shape index (κ1) is 92.6. The molecule has 560 valence electrons. The van der Waals surface area contributed by atoms with Crippen LogP contribution in [0.1, 0.15) is 515 Å². The summed E-state index contributed by atoms with van der Waals surface area (Å²) in [5, 5.41) is 23.3. The minimum Gasteiger partial charge on any atom is -0.466 e. The van der Waals surface area contributed by atoms with Gasteiger partial charge in [0.15, 0.2) is 0 Å². The summed E-state index contributed by atoms with van der Waals surface area (Å²) in [4.78, 5) is 24.7. The Balaban J connectivity index is 3.30. The number of hydrogen-bond donors (Lipinski definition) is 3. The summed E-state index contributed by atoms with van der Waals surface area (Å²) in [5.74, 6) is -0.0272. The van der Waals surface area contributed by atoms with Crippen LogP contribution in [0.3, 0.4) is 0 Å². The van der Waals surface area contributed by atoms with E-state index in [0.717, 1.165) is 38.5 Å². The highest BCUT2D eigenvalue weighted by Crippen LogP contribution is 2.21. The van der Waals surface area contributed by atoms with Crippen molar-refractivity contribution in [1.29, 1.82) is 0 Å². The lowest BCUT2D eigenvalue weighted by atomic mass is 10.0. The van der Waals surface area contributed by atoms with Crippen molar-refractivity contribution in [3.63, 3.8) is 0 Å². The number of nitrogens with one attached hydrogen (secondary N) is 1. The molecule has 0 aromatic rings. The minimum absolute atomic E-state index is 0.0288. The lowest BCUT2D eigenvalue weighted by Crippen LogP contribution is -2.45. The van der Waals surface area contributed by atoms with Gasteiger partial charge in [-0.15, -0.1) is 0 Å². The molecule has 0 aliphatic carbocycles. The molecule has 0 radical (unpaired) electrons. The van der Waals surface area contributed by atoms with E-state index in [4.69, 9.17) is 4.74 Å². The minimum atomic E-state index is -0.841. The summed E-state index contributed by atoms with van der Waals surface area (Å²) >= 11 is 0. The van der Waals surface area contributed by atoms with E-state index in [1.54, 1.807) is 6.08 Å². The summed E-state index contributed by atoms with van der Waals surface area (Å²) in [7, 11) is 0. The smallest absolute Gasteiger partial charge is 0.305 e. The van der Waals surface area contributed by atoms with Crippen LogP contribution in [0.2, 0.25) is 0 Å². The van der Waals surface area contributed by atoms with Gasteiger partial charge in [0.05, 0.1) is 25.4 Å². The van der Waals surface area contributed by atoms with Gasteiger partial charge in [-0.2, -0.15) is 0 Å². The highest BCUT2D eigenvalue weighted by Gasteiger charge is 2.18. The van der Waals surface area contributed by atoms with Crippen LogP contribution < -0.4 is 5.32 Å². The second-order valence-electron chi connectivity index (χ2n) is 30.6. The predicted octanol–water partition coefficient (Wildman–Crippen LogP) is 29.4. The largest absolute Gasteiger partial charge is 0.466 e. The van der Waals surface area contributed by atoms with Crippen molar-refractivity contribution in [3.8, 4) is 0 Å². The Bertz CT molecular complexity index is 1430. The van der Waals surface area contributed by atoms with Crippen molar-refractivity contribution in [1.82, 2.24) is 5.32 Å². The number of carbonyl (C=O) groups is 2. The quantitative estimate of drug-likeness (QED) is 0.0320. The number of unbranched alkanes of at least 4 members (excludes halogenated alkanes) is 73. The van der Waals surface area contributed by atoms with E-state index < -0.39 is 12.1 Å². The van der Waals surface area contributed by atoms with Crippen LogP contribution in [0.5, 0.6) is 0 Å². The van der Waals surface area contributed by atoms with Crippen molar-refractivity contribution in [3.05, 3.63) is 12.2 Å². The molecule has 0 rings (SSSR count). The van der Waals surface area contributed by atoms with Gasteiger partial charge in [-0.3, -0.25) is 9.59 Å². The number of rotatable bonds is 84. The number of amides is 1. The normalized spacial score (nSPS) is 12.4. The zero-order valence-electron chi connectivity index (χ0n) is 64.5. The van der Waals surface area contributed by atoms with E-state index in [1.165, 1.54) is 449 Å². The Labute approximate surface area is 590 Å². The highest BCUT2D eigenvalue weighted by molar-refractivity contribution is 5.76. The molecule has 6 heteroatoms. The molecule has 0 aliphatic heterocycles. The number of ether oxygens (including phenoxy) is 1. The van der Waals surface area contributed by atoms with Crippen LogP contribution in [-0.4, -0.2) is 47.4 Å². The number of aliphatic hydroxyl groups is 2. The maximum Gasteiger partial charge on any atom is 0.305 e. The van der Waals surface area contributed by atoms with Crippen LogP contribution in [0.4, 0.5) is 0 Å². The standard InChI is InChI=1S/C88H173NO5/c1-3-5-7-9-11-13-15-17-19-21-22-23-43-46-49-52-56-60-64-68-72-76-80-86(91)85(84-90)89-87(92)81-77-73-69-65-61-57-53-50-47-44-41-39-37-35-33-31-29-27-25-24-26-28-30-32-34-36-38-40-42-45-48-51-55-59-63-67-71-75-79-83-94-88(93)82-78-74-70-66-62-58-54-20-18-16-14-12-10-8-6-4-2/h76,80,85-86,90-91H,3-75,77-79,81-84H2,1-2H3,(H,89,92)/b80-76+. The molecule has 0 aliphatic rings. The van der Waals surface area contributed by atoms with Gasteiger partial charge in [-0.1, -0.05) is 482 Å². The second kappa shape index (κ2) is 84.0. The van der Waals surface area contributed by atoms with Crippen molar-refractivity contribution in [2.24, 2.45) is 0 Å². The van der Waals surface area contributed by atoms with Crippen molar-refractivity contribution in [2.75, 3.05) is 13.2 Å². The van der Waals surface area contributed by atoms with E-state index >= 15 is 0 Å². The summed E-state index contributed by atoms with van der Waals surface area (Å²) in [5.41, 5.74) is 0. The molecule has 0 fully saturated rings. The zero-order valence-corrected chi connectivity index (χ0v) is 64.5. The first-order valence-electron chi connectivity index (χ1n) is 44.0. The predicted molar refractivity (Wildman–Crippen MR) is 417 cm³/mol. The summed E-state index contributed by atoms with van der Waals surface area (Å²) in [6.07, 6.45) is 108. The molecule has 2 atom stereocenters. The van der Waals surface area contributed by atoms with Gasteiger partial charge in [-0.25, -0.2) is 0 Å². The summed E-state index contributed by atoms with van der Waals surface area (Å²) < 4.78 is 5.52. The van der Waals surface area contributed by atoms with Gasteiger partial charge < -0.3 is 20.3 Å². The first-order valence-corrected chi connectivity index (χ1v) is 44.0. The molecule has 94 heavy (non-hydrogen) atoms. The van der Waals surface area contributed by atoms with E-state index in [9.17, 15) is 19.8 Å². The Morgan fingerprint density at radius 3 is 0.723 bits per heavy atom. The lowest BCUT2D eigenvalue weighted by Gasteiger charge is -2.20. The third-order valence-corrected chi connectivity index (χ3v) is 21.1. The second-order valence-corrected chi connectivity index (χ2v) is 30.6. The average molecular weight is 1330 g/mol. The van der Waals surface area contributed by atoms with Crippen molar-refractivity contribution < 1.29 is 24.5 Å². The van der Waals surface area contributed by atoms with Crippen LogP contribution in [0.25, 0.3) is 0 Å². The number of aliphatic hydroxyl groups excluding tert-OH is 2. The fourth-order valence-electron chi connectivity index (χ4n) is 14.4. The molecule has 0 aromatic heterocycles. The topological polar surface area (TPSA) is 95.9 Å². The molecule has 2 unspecified atom stereocenters. The number of hydrogen-bond acceptors (Lipinski definition) is 5. The molecule has 3 N–H and O–H groups in total. The monoisotopic (exact) mass is 1320 g/mol. The van der Waals surface area contributed by atoms with Crippen LogP contribution >= 0.6 is 0 Å². The fraction of sp³-hybridized carbons (Fsp3) is 0.955.